The zero-order valence-electron chi connectivity index (χ0n) is 23.4. The van der Waals surface area contributed by atoms with Gasteiger partial charge in [0.05, 0.1) is 21.9 Å². The fraction of sp³-hybridized carbons (Fsp3) is 0.206. The number of nitrogens with zero attached hydrogens (tertiary/aromatic N) is 2. The van der Waals surface area contributed by atoms with Crippen LogP contribution in [0.1, 0.15) is 30.3 Å². The first-order chi connectivity index (χ1) is 20.4. The van der Waals surface area contributed by atoms with Crippen molar-refractivity contribution in [2.24, 2.45) is 0 Å². The van der Waals surface area contributed by atoms with Gasteiger partial charge in [0.1, 0.15) is 4.70 Å². The van der Waals surface area contributed by atoms with Crippen molar-refractivity contribution in [3.8, 4) is 0 Å². The lowest BCUT2D eigenvalue weighted by molar-refractivity contribution is -0.667. The van der Waals surface area contributed by atoms with Crippen LogP contribution in [-0.4, -0.2) is 25.3 Å². The SMILES string of the molecule is CCN1C(=CC(=Cc2sc3ccc4ccccc4c3[n+]2CCCS(=O)(=O)O)CCc2ccccc2)Sc2ccccc21. The van der Waals surface area contributed by atoms with Crippen LogP contribution in [0.2, 0.25) is 0 Å². The van der Waals surface area contributed by atoms with E-state index in [9.17, 15) is 13.0 Å². The molecule has 0 amide bonds. The van der Waals surface area contributed by atoms with E-state index in [1.165, 1.54) is 26.7 Å². The fourth-order valence-corrected chi connectivity index (χ4v) is 8.41. The van der Waals surface area contributed by atoms with E-state index in [0.717, 1.165) is 45.4 Å². The number of benzene rings is 4. The number of thiazole rings is 1. The molecule has 5 nitrogen and oxygen atoms in total. The van der Waals surface area contributed by atoms with Gasteiger partial charge < -0.3 is 4.90 Å². The van der Waals surface area contributed by atoms with E-state index in [0.29, 0.717) is 13.0 Å². The molecule has 2 heterocycles. The standard InChI is InChI=1S/C34H32N2O3S3/c1-2-35-29-15-8-9-16-30(29)40-32(35)23-26(18-17-25-11-4-3-5-12-25)24-33-36(21-10-22-42(37,38)39)34-28-14-7-6-13-27(28)19-20-31(34)41-33/h3-9,11-16,19-20,23-24H,2,10,17-18,21-22H2,1H3/p+1. The summed E-state index contributed by atoms with van der Waals surface area (Å²) >= 11 is 3.53. The molecular formula is C34H33N2O3S3+. The Hall–Kier alpha value is -3.43. The number of hydrogen-bond donors (Lipinski definition) is 1. The predicted octanol–water partition coefficient (Wildman–Crippen LogP) is 8.11. The van der Waals surface area contributed by atoms with E-state index < -0.39 is 10.1 Å². The molecule has 5 aromatic rings. The van der Waals surface area contributed by atoms with Crippen molar-refractivity contribution < 1.29 is 17.5 Å². The largest absolute Gasteiger partial charge is 0.335 e. The molecule has 0 radical (unpaired) electrons. The summed E-state index contributed by atoms with van der Waals surface area (Å²) in [6, 6.07) is 31.7. The molecule has 6 rings (SSSR count). The maximum Gasteiger partial charge on any atom is 0.265 e. The van der Waals surface area contributed by atoms with Crippen LogP contribution in [0.15, 0.2) is 113 Å². The van der Waals surface area contributed by atoms with E-state index >= 15 is 0 Å². The molecule has 0 aliphatic carbocycles. The number of hydrogen-bond acceptors (Lipinski definition) is 5. The highest BCUT2D eigenvalue weighted by atomic mass is 32.2. The third kappa shape index (κ3) is 6.32. The van der Waals surface area contributed by atoms with Gasteiger partial charge in [-0.15, -0.1) is 0 Å². The Balaban J connectivity index is 1.46. The number of fused-ring (bicyclic) bond motifs is 4. The van der Waals surface area contributed by atoms with Crippen molar-refractivity contribution >= 4 is 66.0 Å². The fourth-order valence-electron chi connectivity index (χ4n) is 5.53. The Morgan fingerprint density at radius 2 is 1.71 bits per heavy atom. The number of aromatic nitrogens is 1. The molecule has 8 heteroatoms. The Kier molecular flexibility index (Phi) is 8.49. The van der Waals surface area contributed by atoms with Crippen molar-refractivity contribution in [2.75, 3.05) is 17.2 Å². The molecule has 0 bridgehead atoms. The number of allylic oxidation sites excluding steroid dienone is 2. The van der Waals surface area contributed by atoms with Crippen LogP contribution in [0.4, 0.5) is 5.69 Å². The van der Waals surface area contributed by atoms with Gasteiger partial charge in [-0.2, -0.15) is 13.0 Å². The molecule has 0 saturated carbocycles. The Bertz CT molecular complexity index is 1910. The summed E-state index contributed by atoms with van der Waals surface area (Å²) < 4.78 is 36.0. The van der Waals surface area contributed by atoms with E-state index in [4.69, 9.17) is 0 Å². The highest BCUT2D eigenvalue weighted by Gasteiger charge is 2.25. The summed E-state index contributed by atoms with van der Waals surface area (Å²) in [5.74, 6) is -0.267. The Morgan fingerprint density at radius 1 is 0.952 bits per heavy atom. The van der Waals surface area contributed by atoms with Gasteiger partial charge in [0.25, 0.3) is 15.1 Å². The van der Waals surface area contributed by atoms with Crippen LogP contribution in [0, 0.1) is 0 Å². The number of para-hydroxylation sites is 1. The second-order valence-corrected chi connectivity index (χ2v) is 14.1. The van der Waals surface area contributed by atoms with E-state index in [1.807, 2.05) is 18.2 Å². The topological polar surface area (TPSA) is 61.5 Å². The highest BCUT2D eigenvalue weighted by molar-refractivity contribution is 8.03. The first kappa shape index (κ1) is 28.7. The lowest BCUT2D eigenvalue weighted by Gasteiger charge is -2.18. The third-order valence-electron chi connectivity index (χ3n) is 7.51. The van der Waals surface area contributed by atoms with Crippen molar-refractivity contribution in [1.29, 1.82) is 0 Å². The van der Waals surface area contributed by atoms with Gasteiger partial charge in [-0.05, 0) is 66.6 Å². The normalized spacial score (nSPS) is 14.8. The zero-order valence-corrected chi connectivity index (χ0v) is 25.9. The quantitative estimate of drug-likeness (QED) is 0.127. The van der Waals surface area contributed by atoms with Crippen LogP contribution in [-0.2, 0) is 23.1 Å². The molecule has 1 aliphatic rings. The van der Waals surface area contributed by atoms with Crippen LogP contribution in [0.5, 0.6) is 0 Å². The summed E-state index contributed by atoms with van der Waals surface area (Å²) in [4.78, 5) is 3.64. The van der Waals surface area contributed by atoms with E-state index in [-0.39, 0.29) is 5.75 Å². The highest BCUT2D eigenvalue weighted by Crippen LogP contribution is 2.46. The molecule has 42 heavy (non-hydrogen) atoms. The van der Waals surface area contributed by atoms with Gasteiger partial charge in [-0.1, -0.05) is 89.8 Å². The average Bonchev–Trinajstić information content (AvgIpc) is 3.53. The van der Waals surface area contributed by atoms with Crippen LogP contribution < -0.4 is 9.47 Å². The monoisotopic (exact) mass is 613 g/mol. The van der Waals surface area contributed by atoms with Gasteiger partial charge in [0, 0.05) is 23.9 Å². The average molecular weight is 614 g/mol. The first-order valence-corrected chi connectivity index (χ1v) is 17.4. The number of thioether (sulfide) groups is 1. The van der Waals surface area contributed by atoms with Crippen LogP contribution >= 0.6 is 23.1 Å². The molecule has 0 spiro atoms. The molecule has 1 aromatic heterocycles. The second kappa shape index (κ2) is 12.4. The van der Waals surface area contributed by atoms with Gasteiger partial charge >= 0.3 is 0 Å². The maximum absolute atomic E-state index is 11.6. The minimum absolute atomic E-state index is 0.267. The lowest BCUT2D eigenvalue weighted by atomic mass is 10.0. The maximum atomic E-state index is 11.6. The van der Waals surface area contributed by atoms with E-state index in [1.54, 1.807) is 23.1 Å². The minimum atomic E-state index is -4.04. The van der Waals surface area contributed by atoms with Gasteiger partial charge in [-0.25, -0.2) is 0 Å². The summed E-state index contributed by atoms with van der Waals surface area (Å²) in [5, 5.41) is 4.57. The third-order valence-corrected chi connectivity index (χ3v) is 10.5. The second-order valence-electron chi connectivity index (χ2n) is 10.4. The molecule has 1 N–H and O–H groups in total. The number of anilines is 1. The Labute approximate surface area is 255 Å². The molecule has 0 unspecified atom stereocenters. The van der Waals surface area contributed by atoms with Crippen LogP contribution in [0.25, 0.3) is 27.1 Å². The van der Waals surface area contributed by atoms with Crippen molar-refractivity contribution in [1.82, 2.24) is 0 Å². The van der Waals surface area contributed by atoms with Gasteiger partial charge in [0.15, 0.2) is 6.54 Å². The van der Waals surface area contributed by atoms with Crippen molar-refractivity contribution in [3.63, 3.8) is 0 Å². The minimum Gasteiger partial charge on any atom is -0.335 e. The lowest BCUT2D eigenvalue weighted by Crippen LogP contribution is -2.36. The zero-order chi connectivity index (χ0) is 29.1. The molecule has 1 aliphatic heterocycles. The summed E-state index contributed by atoms with van der Waals surface area (Å²) in [7, 11) is -4.04. The Morgan fingerprint density at radius 3 is 2.52 bits per heavy atom. The van der Waals surface area contributed by atoms with Crippen molar-refractivity contribution in [2.45, 2.75) is 37.6 Å². The van der Waals surface area contributed by atoms with Crippen LogP contribution in [0.3, 0.4) is 0 Å². The molecule has 0 saturated heterocycles. The predicted molar refractivity (Wildman–Crippen MR) is 177 cm³/mol. The van der Waals surface area contributed by atoms with E-state index in [2.05, 4.69) is 101 Å². The molecule has 214 valence electrons. The number of rotatable bonds is 10. The molecule has 0 fully saturated rings. The summed E-state index contributed by atoms with van der Waals surface area (Å²) in [6.45, 7) is 3.56. The molecular weight excluding hydrogens is 581 g/mol. The van der Waals surface area contributed by atoms with Gasteiger partial charge in [0.2, 0.25) is 5.52 Å². The smallest absolute Gasteiger partial charge is 0.265 e. The van der Waals surface area contributed by atoms with Gasteiger partial charge in [-0.3, -0.25) is 4.55 Å². The first-order valence-electron chi connectivity index (χ1n) is 14.2. The molecule has 0 atom stereocenters. The molecule has 4 aromatic carbocycles. The summed E-state index contributed by atoms with van der Waals surface area (Å²) in [6.07, 6.45) is 6.70. The number of aryl methyl sites for hydroxylation is 2. The summed E-state index contributed by atoms with van der Waals surface area (Å²) in [5.41, 5.74) is 4.85. The van der Waals surface area contributed by atoms with Crippen molar-refractivity contribution in [3.05, 3.63) is 118 Å².